The molecule has 1 aromatic heterocycles. The van der Waals surface area contributed by atoms with Gasteiger partial charge in [0.05, 0.1) is 17.9 Å². The normalized spacial score (nSPS) is 21.1. The second kappa shape index (κ2) is 10.3. The van der Waals surface area contributed by atoms with Gasteiger partial charge in [0, 0.05) is 61.3 Å². The number of anilines is 4. The van der Waals surface area contributed by atoms with Crippen molar-refractivity contribution in [3.05, 3.63) is 64.5 Å². The molecule has 1 aliphatic carbocycles. The lowest BCUT2D eigenvalue weighted by Gasteiger charge is -2.38. The van der Waals surface area contributed by atoms with Crippen LogP contribution < -0.4 is 19.9 Å². The lowest BCUT2D eigenvalue weighted by atomic mass is 10.0. The number of hydrogen-bond acceptors (Lipinski definition) is 7. The Kier molecular flexibility index (Phi) is 6.71. The summed E-state index contributed by atoms with van der Waals surface area (Å²) in [5, 5.41) is 4.03. The van der Waals surface area contributed by atoms with Crippen LogP contribution in [0.4, 0.5) is 27.9 Å². The number of amides is 2. The minimum Gasteiger partial charge on any atom is -0.487 e. The molecule has 4 bridgehead atoms. The lowest BCUT2D eigenvalue weighted by molar-refractivity contribution is 0.213. The number of nitrogens with one attached hydrogen (secondary N) is 1. The molecule has 9 nitrogen and oxygen atoms in total. The minimum atomic E-state index is -0.150. The molecule has 1 aromatic carbocycles. The van der Waals surface area contributed by atoms with Crippen LogP contribution in [0.1, 0.15) is 25.3 Å². The van der Waals surface area contributed by atoms with Crippen molar-refractivity contribution in [2.45, 2.75) is 26.3 Å². The zero-order valence-corrected chi connectivity index (χ0v) is 22.5. The molecule has 198 valence electrons. The Morgan fingerprint density at radius 2 is 1.95 bits per heavy atom. The van der Waals surface area contributed by atoms with Gasteiger partial charge in [0.1, 0.15) is 18.2 Å². The number of halogens is 1. The average molecular weight is 534 g/mol. The minimum absolute atomic E-state index is 0.150. The van der Waals surface area contributed by atoms with Crippen LogP contribution in [0, 0.1) is 0 Å². The fourth-order valence-electron chi connectivity index (χ4n) is 5.35. The number of carbonyl (C=O) groups excluding carboxylic acids is 1. The second-order valence-electron chi connectivity index (χ2n) is 10.1. The van der Waals surface area contributed by atoms with Crippen LogP contribution in [0.15, 0.2) is 58.9 Å². The number of piperazine rings is 1. The largest absolute Gasteiger partial charge is 0.487 e. The smallest absolute Gasteiger partial charge is 0.330 e. The SMILES string of the molecule is CC1=CCCC(Cl)=C1N1Cc2cnc3nc2N(C/C=C/COc2cc(ccc2N2CCN(C)CC2)N3)C1=O. The van der Waals surface area contributed by atoms with Crippen molar-refractivity contribution in [3.63, 3.8) is 0 Å². The fourth-order valence-corrected chi connectivity index (χ4v) is 5.71. The summed E-state index contributed by atoms with van der Waals surface area (Å²) >= 11 is 6.63. The Morgan fingerprint density at radius 1 is 1.11 bits per heavy atom. The molecule has 1 saturated heterocycles. The van der Waals surface area contributed by atoms with Gasteiger partial charge in [-0.05, 0) is 50.6 Å². The van der Waals surface area contributed by atoms with Crippen molar-refractivity contribution in [3.8, 4) is 5.75 Å². The first-order chi connectivity index (χ1) is 18.5. The van der Waals surface area contributed by atoms with Crippen LogP contribution in [0.3, 0.4) is 0 Å². The Hall–Kier alpha value is -3.56. The molecule has 0 saturated carbocycles. The molecule has 0 unspecified atom stereocenters. The highest BCUT2D eigenvalue weighted by atomic mass is 35.5. The number of fused-ring (bicyclic) bond motifs is 3. The molecular weight excluding hydrogens is 502 g/mol. The van der Waals surface area contributed by atoms with Crippen LogP contribution in [0.2, 0.25) is 0 Å². The third-order valence-corrected chi connectivity index (χ3v) is 7.82. The molecule has 0 radical (unpaired) electrons. The number of urea groups is 1. The van der Waals surface area contributed by atoms with Gasteiger partial charge in [0.2, 0.25) is 5.95 Å². The Labute approximate surface area is 228 Å². The van der Waals surface area contributed by atoms with Gasteiger partial charge < -0.3 is 19.9 Å². The van der Waals surface area contributed by atoms with E-state index in [1.165, 1.54) is 0 Å². The van der Waals surface area contributed by atoms with E-state index >= 15 is 0 Å². The Morgan fingerprint density at radius 3 is 2.76 bits per heavy atom. The van der Waals surface area contributed by atoms with Gasteiger partial charge in [-0.15, -0.1) is 0 Å². The van der Waals surface area contributed by atoms with E-state index in [-0.39, 0.29) is 6.03 Å². The summed E-state index contributed by atoms with van der Waals surface area (Å²) < 4.78 is 6.24. The Bertz CT molecular complexity index is 1350. The molecule has 1 N–H and O–H groups in total. The first-order valence-electron chi connectivity index (χ1n) is 13.1. The van der Waals surface area contributed by atoms with Crippen LogP contribution in [-0.4, -0.2) is 72.2 Å². The van der Waals surface area contributed by atoms with Crippen molar-refractivity contribution in [2.75, 3.05) is 61.5 Å². The number of aromatic nitrogens is 2. The summed E-state index contributed by atoms with van der Waals surface area (Å²) in [5.41, 5.74) is 4.59. The summed E-state index contributed by atoms with van der Waals surface area (Å²) in [5.74, 6) is 1.85. The molecule has 38 heavy (non-hydrogen) atoms. The van der Waals surface area contributed by atoms with E-state index in [9.17, 15) is 4.79 Å². The van der Waals surface area contributed by atoms with Crippen molar-refractivity contribution < 1.29 is 9.53 Å². The van der Waals surface area contributed by atoms with Crippen LogP contribution >= 0.6 is 11.6 Å². The van der Waals surface area contributed by atoms with Crippen LogP contribution in [-0.2, 0) is 6.54 Å². The number of carbonyl (C=O) groups is 1. The number of nitrogens with zero attached hydrogens (tertiary/aromatic N) is 6. The van der Waals surface area contributed by atoms with Crippen molar-refractivity contribution in [1.82, 2.24) is 19.8 Å². The molecule has 2 aromatic rings. The molecule has 0 spiro atoms. The standard InChI is InChI=1S/C28H32ClN7O2/c1-19-6-5-7-22(29)25(19)36-18-20-17-30-27-31-21-8-9-23(34-13-11-33(2)12-14-34)24(16-21)38-15-4-3-10-35(28(36)37)26(20)32-27/h3-4,6,8-9,16-17H,5,7,10-15,18H2,1-2H3,(H,30,31,32)/b4-3+. The molecule has 3 aliphatic heterocycles. The maximum atomic E-state index is 13.8. The molecule has 10 heteroatoms. The summed E-state index contributed by atoms with van der Waals surface area (Å²) in [6, 6.07) is 5.97. The number of allylic oxidation sites excluding steroid dienone is 3. The van der Waals surface area contributed by atoms with E-state index < -0.39 is 0 Å². The predicted molar refractivity (Wildman–Crippen MR) is 150 cm³/mol. The molecule has 2 amide bonds. The van der Waals surface area contributed by atoms with E-state index in [4.69, 9.17) is 21.3 Å². The highest BCUT2D eigenvalue weighted by molar-refractivity contribution is 6.30. The second-order valence-corrected chi connectivity index (χ2v) is 10.5. The molecule has 0 atom stereocenters. The van der Waals surface area contributed by atoms with E-state index in [1.54, 1.807) is 16.0 Å². The van der Waals surface area contributed by atoms with E-state index in [0.29, 0.717) is 36.5 Å². The number of ether oxygens (including phenoxy) is 1. The zero-order valence-electron chi connectivity index (χ0n) is 21.8. The van der Waals surface area contributed by atoms with Gasteiger partial charge in [0.25, 0.3) is 0 Å². The first-order valence-corrected chi connectivity index (χ1v) is 13.5. The van der Waals surface area contributed by atoms with E-state index in [2.05, 4.69) is 39.3 Å². The number of hydrogen-bond donors (Lipinski definition) is 1. The molecule has 4 aliphatic rings. The van der Waals surface area contributed by atoms with Gasteiger partial charge >= 0.3 is 6.03 Å². The van der Waals surface area contributed by atoms with E-state index in [1.807, 2.05) is 31.2 Å². The first kappa shape index (κ1) is 24.8. The van der Waals surface area contributed by atoms with Crippen LogP contribution in [0.25, 0.3) is 0 Å². The molecule has 6 rings (SSSR count). The summed E-state index contributed by atoms with van der Waals surface area (Å²) in [6.07, 6.45) is 9.46. The third kappa shape index (κ3) is 4.72. The zero-order chi connectivity index (χ0) is 26.2. The summed E-state index contributed by atoms with van der Waals surface area (Å²) in [6.45, 7) is 7.06. The number of likely N-dealkylation sites (N-methyl/N-ethyl adjacent to an activating group) is 1. The topological polar surface area (TPSA) is 77.1 Å². The summed E-state index contributed by atoms with van der Waals surface area (Å²) in [4.78, 5) is 31.3. The Balaban J connectivity index is 1.33. The number of benzene rings is 1. The molecular formula is C28H32ClN7O2. The van der Waals surface area contributed by atoms with E-state index in [0.717, 1.165) is 73.0 Å². The van der Waals surface area contributed by atoms with Crippen LogP contribution in [0.5, 0.6) is 5.75 Å². The molecule has 1 fully saturated rings. The van der Waals surface area contributed by atoms with Gasteiger partial charge in [-0.2, -0.15) is 4.98 Å². The number of rotatable bonds is 2. The highest BCUT2D eigenvalue weighted by Crippen LogP contribution is 2.37. The summed E-state index contributed by atoms with van der Waals surface area (Å²) in [7, 11) is 2.15. The third-order valence-electron chi connectivity index (χ3n) is 7.45. The van der Waals surface area contributed by atoms with Gasteiger partial charge in [-0.1, -0.05) is 23.8 Å². The predicted octanol–water partition coefficient (Wildman–Crippen LogP) is 4.85. The van der Waals surface area contributed by atoms with Gasteiger partial charge in [0.15, 0.2) is 0 Å². The monoisotopic (exact) mass is 533 g/mol. The van der Waals surface area contributed by atoms with Crippen molar-refractivity contribution in [1.29, 1.82) is 0 Å². The molecule has 4 heterocycles. The maximum Gasteiger partial charge on any atom is 0.330 e. The average Bonchev–Trinajstić information content (AvgIpc) is 2.91. The maximum absolute atomic E-state index is 13.8. The quantitative estimate of drug-likeness (QED) is 0.553. The van der Waals surface area contributed by atoms with Crippen molar-refractivity contribution >= 4 is 40.8 Å². The highest BCUT2D eigenvalue weighted by Gasteiger charge is 2.35. The van der Waals surface area contributed by atoms with Gasteiger partial charge in [-0.25, -0.2) is 9.78 Å². The van der Waals surface area contributed by atoms with Gasteiger partial charge in [-0.3, -0.25) is 9.80 Å². The lowest BCUT2D eigenvalue weighted by Crippen LogP contribution is -2.48. The fraction of sp³-hybridized carbons (Fsp3) is 0.393. The van der Waals surface area contributed by atoms with Crippen molar-refractivity contribution in [2.24, 2.45) is 0 Å².